The first-order chi connectivity index (χ1) is 65.2. The van der Waals surface area contributed by atoms with Gasteiger partial charge in [0, 0.05) is 19.8 Å². The Morgan fingerprint density at radius 1 is 0.360 bits per heavy atom. The number of hydrogen-bond acceptors (Lipinski definition) is 60. The smallest absolute Gasteiger partial charge is 0.364 e. The van der Waals surface area contributed by atoms with Gasteiger partial charge >= 0.3 is 23.9 Å². The summed E-state index contributed by atoms with van der Waals surface area (Å²) < 4.78 is 120. The quantitative estimate of drug-likeness (QED) is 0.0273. The summed E-state index contributed by atoms with van der Waals surface area (Å²) >= 11 is 0. The van der Waals surface area contributed by atoms with Crippen molar-refractivity contribution in [3.63, 3.8) is 0 Å². The minimum Gasteiger partial charge on any atom is -0.479 e. The van der Waals surface area contributed by atoms with Gasteiger partial charge in [-0.25, -0.2) is 19.2 Å². The van der Waals surface area contributed by atoms with E-state index in [1.54, 1.807) is 0 Å². The van der Waals surface area contributed by atoms with Gasteiger partial charge in [-0.05, 0) is 0 Å². The molecule has 65 heteroatoms. The fraction of sp³-hybridized carbons (Fsp3) is 0.932. The van der Waals surface area contributed by atoms with E-state index in [1.807, 2.05) is 0 Å². The number of rotatable bonds is 38. The first-order valence-electron chi connectivity index (χ1n) is 43.1. The largest absolute Gasteiger partial charge is 0.479 e. The second kappa shape index (κ2) is 48.0. The van der Waals surface area contributed by atoms with Crippen LogP contribution < -0.4 is 16.8 Å². The Kier molecular flexibility index (Phi) is 39.5. The van der Waals surface area contributed by atoms with Gasteiger partial charge in [0.25, 0.3) is 11.6 Å². The number of aliphatic carboxylic acids is 4. The van der Waals surface area contributed by atoms with Crippen molar-refractivity contribution in [2.45, 2.75) is 369 Å². The van der Waals surface area contributed by atoms with E-state index in [0.717, 1.165) is 6.92 Å². The zero-order valence-electron chi connectivity index (χ0n) is 72.4. The number of ether oxygens (including phenoxy) is 21. The van der Waals surface area contributed by atoms with E-state index in [9.17, 15) is 208 Å². The Hall–Kier alpha value is -4.85. The number of carboxylic acids is 4. The van der Waals surface area contributed by atoms with E-state index in [1.165, 1.54) is 0 Å². The molecule has 57 atom stereocenters. The average Bonchev–Trinajstić information content (AvgIpc) is 0.743. The lowest BCUT2D eigenvalue weighted by Gasteiger charge is -2.53. The molecule has 11 aliphatic rings. The van der Waals surface area contributed by atoms with Crippen LogP contribution in [-0.4, -0.2) is 622 Å². The van der Waals surface area contributed by atoms with Gasteiger partial charge in [0.1, 0.15) is 244 Å². The third-order valence-corrected chi connectivity index (χ3v) is 25.2. The highest BCUT2D eigenvalue weighted by Crippen LogP contribution is 2.45. The van der Waals surface area contributed by atoms with Crippen LogP contribution in [0.15, 0.2) is 0 Å². The molecule has 0 aromatic carbocycles. The molecule has 0 unspecified atom stereocenters. The fourth-order valence-electron chi connectivity index (χ4n) is 17.4. The lowest BCUT2D eigenvalue weighted by Crippen LogP contribution is -2.71. The second-order valence-electron chi connectivity index (χ2n) is 34.8. The molecule has 0 saturated carbocycles. The Bertz CT molecular complexity index is 3930. The Morgan fingerprint density at radius 3 is 1.35 bits per heavy atom. The molecule has 139 heavy (non-hydrogen) atoms. The van der Waals surface area contributed by atoms with Crippen molar-refractivity contribution in [3.05, 3.63) is 0 Å². The Balaban J connectivity index is 0.970. The van der Waals surface area contributed by atoms with Crippen molar-refractivity contribution in [1.82, 2.24) is 5.32 Å². The lowest BCUT2D eigenvalue weighted by atomic mass is 9.89. The predicted molar refractivity (Wildman–Crippen MR) is 413 cm³/mol. The minimum atomic E-state index is -3.85. The van der Waals surface area contributed by atoms with Gasteiger partial charge in [-0.15, -0.1) is 0 Å². The Morgan fingerprint density at radius 2 is 0.791 bits per heavy atom. The molecule has 11 aliphatic heterocycles. The van der Waals surface area contributed by atoms with Crippen LogP contribution in [0.3, 0.4) is 0 Å². The topological polar surface area (TPSA) is 1070 Å². The maximum Gasteiger partial charge on any atom is 0.364 e. The molecule has 41 N–H and O–H groups in total. The summed E-state index contributed by atoms with van der Waals surface area (Å²) in [6.45, 7) is -10.3. The summed E-state index contributed by atoms with van der Waals surface area (Å²) in [5, 5.41) is 405. The molecule has 0 spiro atoms. The van der Waals surface area contributed by atoms with E-state index in [2.05, 4.69) is 5.32 Å². The lowest BCUT2D eigenvalue weighted by molar-refractivity contribution is -0.417. The number of carbonyl (C=O) groups excluding carboxylic acids is 1. The number of carboxylic acid groups (broad SMARTS) is 4. The SMILES string of the molecule is CC(=O)N[C@H]1[C@@H](O[C@H]2[C@H](O)[C@@H](N)[C@@H](O[C@@H]3[C@H](O)[C@@H](O)[C@@H](O[C@@H]4[C@H](O)[C@@H](O[C@@H]5[C@H](O)[C@@H](O[C@H]6[C@@H]([C@H](O)CO[C@H]7OC[C@H](N)[C@H](O)[C@H]7O)O[C@@](O)(C(=O)O)C[C@H]6O[C@]6(C(=O)O)C[C@@H](O)[C@@H](O)[C@@H]([C@H](O)CO)O6)O[C@H]([C@@H](O)CO)[C@H]5O[C@@H]5O[C@H](CO)[C@@H](O)[C@H](O)[C@H]5O)O[C@H]([C@@H](O)CO[C@H]5O[C@H]([C@@H](O)CO[C@@H]6O[C@H](C(=O)O)[C@H](O)[C@H](O)[C@H]6O)[C@@H](O)[C@H](O)[C@@H]5O)[C@H]4O)O[C@@H]3C(=O)O)O[C@@H]2CO)O[C@H](CO)[C@@H](O)[C@@H]1O. The summed E-state index contributed by atoms with van der Waals surface area (Å²) in [7, 11) is 0. The molecule has 11 saturated heterocycles. The number of aliphatic hydroxyl groups is 32. The number of nitrogens with two attached hydrogens (primary N) is 2. The third kappa shape index (κ3) is 24.4. The first-order valence-corrected chi connectivity index (χ1v) is 43.1. The zero-order valence-corrected chi connectivity index (χ0v) is 72.4. The van der Waals surface area contributed by atoms with Gasteiger partial charge in [0.2, 0.25) is 5.91 Å². The molecule has 1 amide bonds. The number of amides is 1. The van der Waals surface area contributed by atoms with Crippen molar-refractivity contribution in [3.8, 4) is 0 Å². The third-order valence-electron chi connectivity index (χ3n) is 25.2. The highest BCUT2D eigenvalue weighted by atomic mass is 16.8. The van der Waals surface area contributed by atoms with Gasteiger partial charge in [0.05, 0.1) is 83.8 Å². The number of nitrogens with one attached hydrogen (secondary N) is 1. The summed E-state index contributed by atoms with van der Waals surface area (Å²) in [5.74, 6) is -17.3. The van der Waals surface area contributed by atoms with Gasteiger partial charge in [0.15, 0.2) is 68.8 Å². The standard InChI is InChI=1S/C74H121N3O62/c1-13(83)77-26-32(95)29(92)22(6-80)123-63(26)129-52-24(8-82)125-62(25(76)31(52)94)132-55-38(101)43(106)68(136-59(55)61(112)113)131-54-44(107)48(19(88)11-121-65-40(103)34(97)36(99)47(126-65)18(87)10-122-66-41(104)35(98)37(100)57(134-66)60(110)111)127-69(45(54)108)133-56-46(109)70(128-50(17(86)5-79)58(56)135-67-42(105)33(96)30(93)23(7-81)124-67)130-53-21(137-74(72(116)117)2-15(84)28(91)49(139-74)16(85)4-78)3-73(118,71(114)115)138-51(53)20(89)12-120-64-39(102)27(90)14(75)9-119-64/h14-59,62-70,78-82,84-109,118H,2-12,75-76H2,1H3,(H,77,83)(H,110,111)(H,112,113)(H,114,115)(H,116,117)/t14-,15+,16+,17-,18-,19-,20+,21+,22+,23+,24+,25+,26+,27-,28+,29+,30+,31+,32+,33-,34-,35-,36-,37+,38+,39+,40-,41+,42+,43+,44+,45-,46-,47+,48+,49+,50+,51+,52+,53+,54-,55+,56+,57-,58+,59-,62+,63+,64+,65-,66+,67-,68-,69+,70+,73+,74+/m0/s1. The molecule has 65 nitrogen and oxygen atoms in total. The van der Waals surface area contributed by atoms with Gasteiger partial charge in [-0.1, -0.05) is 0 Å². The second-order valence-corrected chi connectivity index (χ2v) is 34.8. The monoisotopic (exact) mass is 2040 g/mol. The molecule has 11 rings (SSSR count). The fourth-order valence-corrected chi connectivity index (χ4v) is 17.4. The van der Waals surface area contributed by atoms with Crippen LogP contribution in [0.25, 0.3) is 0 Å². The predicted octanol–water partition coefficient (Wildman–Crippen LogP) is -26.3. The van der Waals surface area contributed by atoms with Gasteiger partial charge < -0.3 is 300 Å². The van der Waals surface area contributed by atoms with Gasteiger partial charge in [-0.2, -0.15) is 0 Å². The molecule has 11 heterocycles. The number of carbonyl (C=O) groups is 5. The van der Waals surface area contributed by atoms with E-state index >= 15 is 0 Å². The van der Waals surface area contributed by atoms with Crippen LogP contribution in [0.4, 0.5) is 0 Å². The molecular weight excluding hydrogens is 1920 g/mol. The van der Waals surface area contributed by atoms with Crippen LogP contribution in [0.2, 0.25) is 0 Å². The molecule has 0 radical (unpaired) electrons. The van der Waals surface area contributed by atoms with Crippen molar-refractivity contribution in [2.24, 2.45) is 11.5 Å². The highest BCUT2D eigenvalue weighted by Gasteiger charge is 2.66. The van der Waals surface area contributed by atoms with Crippen LogP contribution in [0, 0.1) is 0 Å². The summed E-state index contributed by atoms with van der Waals surface area (Å²) in [6, 6.07) is -5.05. The maximum atomic E-state index is 13.7. The van der Waals surface area contributed by atoms with E-state index in [-0.39, 0.29) is 0 Å². The van der Waals surface area contributed by atoms with Crippen LogP contribution in [0.5, 0.6) is 0 Å². The molecule has 0 bridgehead atoms. The van der Waals surface area contributed by atoms with Crippen LogP contribution in [-0.2, 0) is 123 Å². The van der Waals surface area contributed by atoms with E-state index in [0.29, 0.717) is 0 Å². The van der Waals surface area contributed by atoms with Crippen molar-refractivity contribution in [1.29, 1.82) is 0 Å². The molecule has 0 aromatic rings. The summed E-state index contributed by atoms with van der Waals surface area (Å²) in [4.78, 5) is 64.6. The molecule has 0 aromatic heterocycles. The van der Waals surface area contributed by atoms with E-state index in [4.69, 9.17) is 111 Å². The molecular formula is C74H121N3O62. The van der Waals surface area contributed by atoms with Crippen LogP contribution >= 0.6 is 0 Å². The molecule has 804 valence electrons. The van der Waals surface area contributed by atoms with Crippen molar-refractivity contribution >= 4 is 29.8 Å². The molecule has 0 aliphatic carbocycles. The van der Waals surface area contributed by atoms with Gasteiger partial charge in [-0.3, -0.25) is 4.79 Å². The molecule has 11 fully saturated rings. The Labute approximate surface area is 779 Å². The summed E-state index contributed by atoms with van der Waals surface area (Å²) in [5.41, 5.74) is 12.2. The normalized spacial score (nSPS) is 49.1. The van der Waals surface area contributed by atoms with E-state index < -0.39 is 451 Å². The average molecular weight is 2040 g/mol. The van der Waals surface area contributed by atoms with Crippen LogP contribution in [0.1, 0.15) is 19.8 Å². The highest BCUT2D eigenvalue weighted by molar-refractivity contribution is 5.77. The summed E-state index contributed by atoms with van der Waals surface area (Å²) in [6.07, 6.45) is -132. The minimum absolute atomic E-state index is 0.594. The number of hydrogen-bond donors (Lipinski definition) is 39. The zero-order chi connectivity index (χ0) is 103. The van der Waals surface area contributed by atoms with Crippen molar-refractivity contribution in [2.75, 3.05) is 59.5 Å². The number of aliphatic hydroxyl groups excluding tert-OH is 31. The first kappa shape index (κ1) is 114. The maximum absolute atomic E-state index is 13.7. The van der Waals surface area contributed by atoms with Crippen molar-refractivity contribution < 1.29 is 307 Å².